The summed E-state index contributed by atoms with van der Waals surface area (Å²) in [4.78, 5) is 40.1. The second-order valence-electron chi connectivity index (χ2n) is 8.84. The molecule has 0 saturated heterocycles. The van der Waals surface area contributed by atoms with Gasteiger partial charge in [-0.05, 0) is 79.6 Å². The van der Waals surface area contributed by atoms with E-state index in [9.17, 15) is 34.8 Å². The molecule has 1 aromatic rings. The molecular weight excluding hydrogens is 531 g/mol. The number of amides is 1. The van der Waals surface area contributed by atoms with Crippen molar-refractivity contribution >= 4 is 40.1 Å². The van der Waals surface area contributed by atoms with E-state index in [1.807, 2.05) is 0 Å². The van der Waals surface area contributed by atoms with E-state index in [0.717, 1.165) is 3.57 Å². The average molecular weight is 554 g/mol. The number of nitrogens with two attached hydrogens (primary N) is 1. The summed E-state index contributed by atoms with van der Waals surface area (Å²) < 4.78 is 0.781. The zero-order valence-electron chi connectivity index (χ0n) is 17.6. The van der Waals surface area contributed by atoms with Crippen molar-refractivity contribution in [3.63, 3.8) is 0 Å². The first-order chi connectivity index (χ1) is 14.8. The van der Waals surface area contributed by atoms with Crippen LogP contribution in [0.15, 0.2) is 28.7 Å². The molecular formula is C22H23IN2O7. The van der Waals surface area contributed by atoms with Gasteiger partial charge in [-0.3, -0.25) is 19.3 Å². The minimum atomic E-state index is -2.61. The van der Waals surface area contributed by atoms with Crippen molar-refractivity contribution in [2.24, 2.45) is 17.6 Å². The fourth-order valence-electron chi connectivity index (χ4n) is 5.40. The Morgan fingerprint density at radius 3 is 2.44 bits per heavy atom. The van der Waals surface area contributed by atoms with E-state index in [4.69, 9.17) is 5.73 Å². The number of allylic oxidation sites excluding steroid dienone is 1. The predicted molar refractivity (Wildman–Crippen MR) is 121 cm³/mol. The zero-order chi connectivity index (χ0) is 23.9. The number of Topliss-reactive ketones (excluding diaryl/α,β-unsaturated/α-hetero) is 2. The Morgan fingerprint density at radius 2 is 1.88 bits per heavy atom. The first-order valence-corrected chi connectivity index (χ1v) is 11.1. The molecule has 0 fully saturated rings. The highest BCUT2D eigenvalue weighted by atomic mass is 127. The van der Waals surface area contributed by atoms with E-state index >= 15 is 0 Å². The topological polar surface area (TPSA) is 161 Å². The van der Waals surface area contributed by atoms with Crippen LogP contribution < -0.4 is 5.73 Å². The molecule has 3 aliphatic carbocycles. The third-order valence-corrected chi connectivity index (χ3v) is 7.82. The standard InChI is InChI=1S/C22H23IN2O7/c1-7-4-11(23)9-5-8-6-10-15(25(2)3)18(28)14(21(24)31)20(30)22(10,32)19(29)12(8)17(27)13(9)16(7)26/h4,8,10,15,26,28-29,32H,5-6H2,1-3H3,(H2,24,31)/t8-,10-,15-,22-/m0/s1. The van der Waals surface area contributed by atoms with Crippen molar-refractivity contribution in [1.82, 2.24) is 4.90 Å². The largest absolute Gasteiger partial charge is 0.510 e. The number of carbonyl (C=O) groups is 3. The fourth-order valence-corrected chi connectivity index (χ4v) is 6.36. The van der Waals surface area contributed by atoms with Crippen LogP contribution in [0.1, 0.15) is 27.9 Å². The maximum absolute atomic E-state index is 13.4. The van der Waals surface area contributed by atoms with E-state index in [-0.39, 0.29) is 23.3 Å². The number of carbonyl (C=O) groups excluding carboxylic acids is 3. The van der Waals surface area contributed by atoms with Gasteiger partial charge in [-0.25, -0.2) is 0 Å². The quantitative estimate of drug-likeness (QED) is 0.268. The predicted octanol–water partition coefficient (Wildman–Crippen LogP) is 1.03. The fraction of sp³-hybridized carbons (Fsp3) is 0.409. The van der Waals surface area contributed by atoms with Crippen LogP contribution in [-0.2, 0) is 16.0 Å². The first-order valence-electron chi connectivity index (χ1n) is 9.99. The summed E-state index contributed by atoms with van der Waals surface area (Å²) in [6.45, 7) is 1.65. The molecule has 4 atom stereocenters. The molecule has 0 spiro atoms. The number of likely N-dealkylation sites (N-methyl/N-ethyl adjacent to an activating group) is 1. The van der Waals surface area contributed by atoms with Crippen LogP contribution in [-0.4, -0.2) is 68.5 Å². The van der Waals surface area contributed by atoms with E-state index in [1.165, 1.54) is 4.90 Å². The highest BCUT2D eigenvalue weighted by Crippen LogP contribution is 2.52. The van der Waals surface area contributed by atoms with E-state index in [2.05, 4.69) is 22.6 Å². The second kappa shape index (κ2) is 7.29. The zero-order valence-corrected chi connectivity index (χ0v) is 19.8. The number of halogens is 1. The lowest BCUT2D eigenvalue weighted by molar-refractivity contribution is -0.148. The maximum atomic E-state index is 13.4. The molecule has 170 valence electrons. The van der Waals surface area contributed by atoms with Gasteiger partial charge in [0.15, 0.2) is 11.4 Å². The Morgan fingerprint density at radius 1 is 1.25 bits per heavy atom. The third kappa shape index (κ3) is 2.78. The lowest BCUT2D eigenvalue weighted by Gasteiger charge is -2.50. The van der Waals surface area contributed by atoms with Crippen LogP contribution in [0.4, 0.5) is 0 Å². The van der Waals surface area contributed by atoms with Crippen molar-refractivity contribution in [1.29, 1.82) is 0 Å². The van der Waals surface area contributed by atoms with Gasteiger partial charge in [-0.1, -0.05) is 0 Å². The number of rotatable bonds is 2. The summed E-state index contributed by atoms with van der Waals surface area (Å²) in [6.07, 6.45) is 0.372. The number of hydrogen-bond acceptors (Lipinski definition) is 8. The van der Waals surface area contributed by atoms with Gasteiger partial charge < -0.3 is 26.2 Å². The first kappa shape index (κ1) is 22.7. The number of nitrogens with zero attached hydrogens (tertiary/aromatic N) is 1. The molecule has 0 bridgehead atoms. The number of fused-ring (bicyclic) bond motifs is 3. The number of hydrogen-bond donors (Lipinski definition) is 5. The van der Waals surface area contributed by atoms with Crippen molar-refractivity contribution in [2.75, 3.05) is 14.1 Å². The van der Waals surface area contributed by atoms with Gasteiger partial charge in [0, 0.05) is 15.1 Å². The number of aliphatic hydroxyl groups is 3. The number of primary amides is 1. The highest BCUT2D eigenvalue weighted by Gasteiger charge is 2.63. The number of phenolic OH excluding ortho intramolecular Hbond substituents is 1. The van der Waals surface area contributed by atoms with Crippen LogP contribution in [0.5, 0.6) is 5.75 Å². The molecule has 0 radical (unpaired) electrons. The Balaban J connectivity index is 1.99. The Bertz CT molecular complexity index is 1170. The van der Waals surface area contributed by atoms with Gasteiger partial charge in [-0.2, -0.15) is 0 Å². The summed E-state index contributed by atoms with van der Waals surface area (Å²) >= 11 is 2.08. The van der Waals surface area contributed by atoms with Gasteiger partial charge in [-0.15, -0.1) is 0 Å². The van der Waals surface area contributed by atoms with Crippen molar-refractivity contribution < 1.29 is 34.8 Å². The smallest absolute Gasteiger partial charge is 0.255 e. The number of aliphatic hydroxyl groups excluding tert-OH is 2. The summed E-state index contributed by atoms with van der Waals surface area (Å²) in [5.41, 5.74) is 2.88. The normalized spacial score (nSPS) is 29.8. The van der Waals surface area contributed by atoms with Gasteiger partial charge in [0.25, 0.3) is 5.91 Å². The summed E-state index contributed by atoms with van der Waals surface area (Å²) in [7, 11) is 3.19. The maximum Gasteiger partial charge on any atom is 0.255 e. The van der Waals surface area contributed by atoms with Crippen molar-refractivity contribution in [2.45, 2.75) is 31.4 Å². The van der Waals surface area contributed by atoms with Crippen LogP contribution >= 0.6 is 22.6 Å². The molecule has 32 heavy (non-hydrogen) atoms. The van der Waals surface area contributed by atoms with Gasteiger partial charge in [0.1, 0.15) is 22.8 Å². The van der Waals surface area contributed by atoms with E-state index in [0.29, 0.717) is 17.5 Å². The highest BCUT2D eigenvalue weighted by molar-refractivity contribution is 14.1. The van der Waals surface area contributed by atoms with Crippen LogP contribution in [0.3, 0.4) is 0 Å². The lowest BCUT2D eigenvalue weighted by atomic mass is 9.58. The number of benzene rings is 1. The molecule has 4 rings (SSSR count). The molecule has 1 aromatic carbocycles. The number of aryl methyl sites for hydroxylation is 1. The summed E-state index contributed by atoms with van der Waals surface area (Å²) in [6, 6.07) is 0.766. The van der Waals surface area contributed by atoms with Crippen molar-refractivity contribution in [3.05, 3.63) is 49.0 Å². The monoisotopic (exact) mass is 554 g/mol. The number of ketones is 2. The minimum absolute atomic E-state index is 0.0372. The third-order valence-electron chi connectivity index (χ3n) is 6.86. The molecule has 1 amide bonds. The molecule has 0 unspecified atom stereocenters. The molecule has 0 aromatic heterocycles. The lowest BCUT2D eigenvalue weighted by Crippen LogP contribution is -2.63. The van der Waals surface area contributed by atoms with Crippen LogP contribution in [0.25, 0.3) is 0 Å². The minimum Gasteiger partial charge on any atom is -0.510 e. The summed E-state index contributed by atoms with van der Waals surface area (Å²) in [5.74, 6) is -6.38. The van der Waals surface area contributed by atoms with E-state index < -0.39 is 58.0 Å². The van der Waals surface area contributed by atoms with Gasteiger partial charge >= 0.3 is 0 Å². The average Bonchev–Trinajstić information content (AvgIpc) is 2.68. The molecule has 10 heteroatoms. The molecule has 0 heterocycles. The second-order valence-corrected chi connectivity index (χ2v) is 10.0. The van der Waals surface area contributed by atoms with Crippen molar-refractivity contribution in [3.8, 4) is 5.75 Å². The van der Waals surface area contributed by atoms with Crippen LogP contribution in [0.2, 0.25) is 0 Å². The number of aromatic hydroxyl groups is 1. The molecule has 6 N–H and O–H groups in total. The summed E-state index contributed by atoms with van der Waals surface area (Å²) in [5, 5.41) is 43.9. The molecule has 0 saturated carbocycles. The van der Waals surface area contributed by atoms with E-state index in [1.54, 1.807) is 27.1 Å². The Hall–Kier alpha value is -2.44. The van der Waals surface area contributed by atoms with Crippen LogP contribution in [0, 0.1) is 22.3 Å². The number of phenols is 1. The molecule has 0 aliphatic heterocycles. The SMILES string of the molecule is Cc1cc(I)c2c(c1O)C(=O)C1=C(O)[C@]3(O)C(=O)C(C(N)=O)=C(O)[C@@H](N(C)C)[C@@H]3C[C@@H]1C2. The Labute approximate surface area is 197 Å². The van der Waals surface area contributed by atoms with Gasteiger partial charge in [0.2, 0.25) is 5.78 Å². The molecule has 3 aliphatic rings. The van der Waals surface area contributed by atoms with Gasteiger partial charge in [0.05, 0.1) is 11.6 Å². The Kier molecular flexibility index (Phi) is 5.18. The molecule has 9 nitrogen and oxygen atoms in total.